The van der Waals surface area contributed by atoms with E-state index in [4.69, 9.17) is 0 Å². The van der Waals surface area contributed by atoms with Crippen LogP contribution in [0.15, 0.2) is 18.3 Å². The lowest BCUT2D eigenvalue weighted by Crippen LogP contribution is -2.22. The van der Waals surface area contributed by atoms with Crippen molar-refractivity contribution in [3.8, 4) is 5.75 Å². The molecule has 1 aliphatic rings. The van der Waals surface area contributed by atoms with E-state index in [0.717, 1.165) is 6.42 Å². The van der Waals surface area contributed by atoms with E-state index in [1.54, 1.807) is 6.07 Å². The first-order chi connectivity index (χ1) is 8.56. The summed E-state index contributed by atoms with van der Waals surface area (Å²) in [5.74, 6) is 0.615. The number of hydrogen-bond donors (Lipinski definition) is 1. The molecule has 0 bridgehead atoms. The maximum absolute atomic E-state index is 12.0. The summed E-state index contributed by atoms with van der Waals surface area (Å²) >= 11 is 0. The second kappa shape index (κ2) is 3.94. The highest BCUT2D eigenvalue weighted by Gasteiger charge is 2.33. The summed E-state index contributed by atoms with van der Waals surface area (Å²) in [5, 5.41) is 12.9. The summed E-state index contributed by atoms with van der Waals surface area (Å²) in [6.07, 6.45) is 3.59. The number of aromatic nitrogens is 3. The molecule has 0 saturated carbocycles. The zero-order valence-electron chi connectivity index (χ0n) is 9.65. The van der Waals surface area contributed by atoms with Gasteiger partial charge in [-0.3, -0.25) is 0 Å². The zero-order chi connectivity index (χ0) is 12.8. The minimum absolute atomic E-state index is 0.0745. The molecule has 0 radical (unpaired) electrons. The molecular formula is C11H13N3O3S. The topological polar surface area (TPSA) is 84.6 Å². The monoisotopic (exact) mass is 267 g/mol. The van der Waals surface area contributed by atoms with Gasteiger partial charge in [0.05, 0.1) is 11.9 Å². The second-order valence-electron chi connectivity index (χ2n) is 4.51. The third-order valence-corrected chi connectivity index (χ3v) is 5.37. The van der Waals surface area contributed by atoms with E-state index in [2.05, 4.69) is 10.1 Å². The van der Waals surface area contributed by atoms with Crippen LogP contribution in [0.4, 0.5) is 0 Å². The van der Waals surface area contributed by atoms with Gasteiger partial charge in [-0.05, 0) is 25.0 Å². The minimum Gasteiger partial charge on any atom is -0.506 e. The van der Waals surface area contributed by atoms with Gasteiger partial charge in [0.15, 0.2) is 21.3 Å². The summed E-state index contributed by atoms with van der Waals surface area (Å²) in [7, 11) is -3.14. The summed E-state index contributed by atoms with van der Waals surface area (Å²) in [5.41, 5.74) is 0.545. The van der Waals surface area contributed by atoms with E-state index in [0.29, 0.717) is 24.3 Å². The molecule has 96 valence electrons. The Bertz CT molecular complexity index is 693. The van der Waals surface area contributed by atoms with Crippen LogP contribution in [0.2, 0.25) is 0 Å². The molecule has 6 nitrogen and oxygen atoms in total. The highest BCUT2D eigenvalue weighted by atomic mass is 32.2. The molecule has 2 aromatic heterocycles. The van der Waals surface area contributed by atoms with Crippen LogP contribution < -0.4 is 0 Å². The second-order valence-corrected chi connectivity index (χ2v) is 6.81. The molecule has 3 rings (SSSR count). The molecule has 1 unspecified atom stereocenters. The molecule has 0 aromatic carbocycles. The fourth-order valence-electron chi connectivity index (χ4n) is 2.27. The predicted octanol–water partition coefficient (Wildman–Crippen LogP) is 1.07. The molecule has 1 fully saturated rings. The first kappa shape index (κ1) is 11.5. The molecule has 7 heteroatoms. The van der Waals surface area contributed by atoms with Crippen molar-refractivity contribution in [2.24, 2.45) is 0 Å². The first-order valence-corrected chi connectivity index (χ1v) is 7.55. The van der Waals surface area contributed by atoms with E-state index in [9.17, 15) is 13.5 Å². The third kappa shape index (κ3) is 1.84. The van der Waals surface area contributed by atoms with Gasteiger partial charge in [0.2, 0.25) is 0 Å². The smallest absolute Gasteiger partial charge is 0.169 e. The van der Waals surface area contributed by atoms with E-state index >= 15 is 0 Å². The molecular weight excluding hydrogens is 254 g/mol. The maximum Gasteiger partial charge on any atom is 0.169 e. The van der Waals surface area contributed by atoms with Gasteiger partial charge in [-0.15, -0.1) is 5.10 Å². The van der Waals surface area contributed by atoms with Crippen LogP contribution in [0, 0.1) is 0 Å². The quantitative estimate of drug-likeness (QED) is 0.835. The van der Waals surface area contributed by atoms with Crippen molar-refractivity contribution in [1.29, 1.82) is 0 Å². The van der Waals surface area contributed by atoms with Gasteiger partial charge in [0.25, 0.3) is 0 Å². The molecule has 1 atom stereocenters. The van der Waals surface area contributed by atoms with E-state index < -0.39 is 15.1 Å². The van der Waals surface area contributed by atoms with Crippen molar-refractivity contribution >= 4 is 15.5 Å². The molecule has 3 heterocycles. The zero-order valence-corrected chi connectivity index (χ0v) is 10.5. The highest BCUT2D eigenvalue weighted by Crippen LogP contribution is 2.31. The van der Waals surface area contributed by atoms with Crippen LogP contribution >= 0.6 is 0 Å². The van der Waals surface area contributed by atoms with Gasteiger partial charge in [-0.1, -0.05) is 6.42 Å². The highest BCUT2D eigenvalue weighted by molar-refractivity contribution is 7.91. The van der Waals surface area contributed by atoms with E-state index in [-0.39, 0.29) is 11.5 Å². The lowest BCUT2D eigenvalue weighted by Gasteiger charge is -2.19. The lowest BCUT2D eigenvalue weighted by molar-refractivity contribution is 0.470. The Morgan fingerprint density at radius 2 is 2.17 bits per heavy atom. The van der Waals surface area contributed by atoms with Crippen molar-refractivity contribution in [3.05, 3.63) is 24.2 Å². The summed E-state index contributed by atoms with van der Waals surface area (Å²) < 4.78 is 25.4. The fourth-order valence-corrected chi connectivity index (χ4v) is 4.11. The molecule has 0 aliphatic carbocycles. The molecule has 1 aliphatic heterocycles. The SMILES string of the molecule is O=S1(=O)CCCCC1c1nc2ccc(O)cn2n1. The predicted molar refractivity (Wildman–Crippen MR) is 65.0 cm³/mol. The summed E-state index contributed by atoms with van der Waals surface area (Å²) in [6, 6.07) is 3.12. The first-order valence-electron chi connectivity index (χ1n) is 5.83. The summed E-state index contributed by atoms with van der Waals surface area (Å²) in [4.78, 5) is 4.23. The van der Waals surface area contributed by atoms with Gasteiger partial charge in [0, 0.05) is 0 Å². The Hall–Kier alpha value is -1.63. The molecule has 1 N–H and O–H groups in total. The Labute approximate surface area is 104 Å². The maximum atomic E-state index is 12.0. The van der Waals surface area contributed by atoms with Crippen LogP contribution in [0.25, 0.3) is 5.65 Å². The van der Waals surface area contributed by atoms with Crippen LogP contribution in [-0.2, 0) is 9.84 Å². The fraction of sp³-hybridized carbons (Fsp3) is 0.455. The molecule has 2 aromatic rings. The molecule has 0 spiro atoms. The number of aromatic hydroxyl groups is 1. The van der Waals surface area contributed by atoms with Crippen LogP contribution in [0.3, 0.4) is 0 Å². The minimum atomic E-state index is -3.14. The van der Waals surface area contributed by atoms with Gasteiger partial charge < -0.3 is 5.11 Å². The largest absolute Gasteiger partial charge is 0.506 e. The molecule has 1 saturated heterocycles. The van der Waals surface area contributed by atoms with Crippen LogP contribution in [0.1, 0.15) is 30.3 Å². The molecule has 18 heavy (non-hydrogen) atoms. The van der Waals surface area contributed by atoms with Crippen LogP contribution in [0.5, 0.6) is 5.75 Å². The van der Waals surface area contributed by atoms with Gasteiger partial charge in [0.1, 0.15) is 11.0 Å². The van der Waals surface area contributed by atoms with Gasteiger partial charge >= 0.3 is 0 Å². The number of rotatable bonds is 1. The van der Waals surface area contributed by atoms with E-state index in [1.165, 1.54) is 16.8 Å². The van der Waals surface area contributed by atoms with Crippen molar-refractivity contribution < 1.29 is 13.5 Å². The van der Waals surface area contributed by atoms with E-state index in [1.807, 2.05) is 0 Å². The third-order valence-electron chi connectivity index (χ3n) is 3.20. The Morgan fingerprint density at radius 3 is 2.94 bits per heavy atom. The van der Waals surface area contributed by atoms with Crippen molar-refractivity contribution in [2.75, 3.05) is 5.75 Å². The van der Waals surface area contributed by atoms with Crippen molar-refractivity contribution in [3.63, 3.8) is 0 Å². The normalized spacial score (nSPS) is 23.2. The number of hydrogen-bond acceptors (Lipinski definition) is 5. The van der Waals surface area contributed by atoms with Gasteiger partial charge in [-0.25, -0.2) is 17.9 Å². The lowest BCUT2D eigenvalue weighted by atomic mass is 10.2. The number of sulfone groups is 1. The Kier molecular flexibility index (Phi) is 2.51. The van der Waals surface area contributed by atoms with Crippen molar-refractivity contribution in [2.45, 2.75) is 24.5 Å². The Balaban J connectivity index is 2.08. The average molecular weight is 267 g/mol. The van der Waals surface area contributed by atoms with Gasteiger partial charge in [-0.2, -0.15) is 0 Å². The van der Waals surface area contributed by atoms with Crippen molar-refractivity contribution in [1.82, 2.24) is 14.6 Å². The van der Waals surface area contributed by atoms with Crippen LogP contribution in [-0.4, -0.2) is 33.9 Å². The Morgan fingerprint density at radius 1 is 1.33 bits per heavy atom. The number of pyridine rings is 1. The molecule has 0 amide bonds. The number of nitrogens with zero attached hydrogens (tertiary/aromatic N) is 3. The summed E-state index contributed by atoms with van der Waals surface area (Å²) in [6.45, 7) is 0. The average Bonchev–Trinajstić information content (AvgIpc) is 2.70. The number of fused-ring (bicyclic) bond motifs is 1. The standard InChI is InChI=1S/C11H13N3O3S/c15-8-4-5-10-12-11(13-14(10)7-8)9-3-1-2-6-18(9,16)17/h4-5,7,9,15H,1-3,6H2.